The molecule has 2 aliphatic heterocycles. The zero-order valence-electron chi connectivity index (χ0n) is 15.0. The molecule has 2 heterocycles. The van der Waals surface area contributed by atoms with E-state index in [1.54, 1.807) is 21.1 Å². The summed E-state index contributed by atoms with van der Waals surface area (Å²) in [5.74, 6) is 1.30. The quantitative estimate of drug-likeness (QED) is 0.838. The normalized spacial score (nSPS) is 25.1. The zero-order chi connectivity index (χ0) is 18.1. The first-order valence-corrected chi connectivity index (χ1v) is 8.58. The summed E-state index contributed by atoms with van der Waals surface area (Å²) in [7, 11) is 3.18. The second-order valence-electron chi connectivity index (χ2n) is 6.72. The van der Waals surface area contributed by atoms with Crippen molar-refractivity contribution in [3.8, 4) is 11.5 Å². The lowest BCUT2D eigenvalue weighted by atomic mass is 9.82. The van der Waals surface area contributed by atoms with Gasteiger partial charge in [-0.2, -0.15) is 0 Å². The van der Waals surface area contributed by atoms with Crippen LogP contribution in [0.1, 0.15) is 25.3 Å². The van der Waals surface area contributed by atoms with Crippen LogP contribution < -0.4 is 14.8 Å². The predicted molar refractivity (Wildman–Crippen MR) is 91.9 cm³/mol. The fourth-order valence-electron chi connectivity index (χ4n) is 3.73. The van der Waals surface area contributed by atoms with Gasteiger partial charge in [-0.3, -0.25) is 4.90 Å². The maximum absolute atomic E-state index is 12.4. The molecule has 3 rings (SSSR count). The highest BCUT2D eigenvalue weighted by Crippen LogP contribution is 2.43. The molecule has 1 aromatic carbocycles. The summed E-state index contributed by atoms with van der Waals surface area (Å²) in [6.45, 7) is 3.51. The smallest absolute Gasteiger partial charge is 0.412 e. The maximum Gasteiger partial charge on any atom is 0.412 e. The van der Waals surface area contributed by atoms with Crippen LogP contribution in [0.3, 0.4) is 0 Å². The summed E-state index contributed by atoms with van der Waals surface area (Å²) in [4.78, 5) is 13.8. The topological polar surface area (TPSA) is 80.3 Å². The van der Waals surface area contributed by atoms with E-state index in [0.717, 1.165) is 18.7 Å². The second kappa shape index (κ2) is 6.72. The highest BCUT2D eigenvalue weighted by molar-refractivity contribution is 5.72. The number of hydrogen-bond acceptors (Lipinski definition) is 6. The van der Waals surface area contributed by atoms with Crippen LogP contribution in [0.4, 0.5) is 4.79 Å². The number of hydrogen-bond donors (Lipinski definition) is 2. The molecule has 2 fully saturated rings. The average Bonchev–Trinajstić information content (AvgIpc) is 2.79. The Labute approximate surface area is 147 Å². The van der Waals surface area contributed by atoms with Crippen LogP contribution in [0.25, 0.3) is 0 Å². The van der Waals surface area contributed by atoms with E-state index in [-0.39, 0.29) is 0 Å². The molecule has 1 spiro atoms. The van der Waals surface area contributed by atoms with Crippen molar-refractivity contribution in [2.75, 3.05) is 33.9 Å². The standard InChI is InChI=1S/C18H26N2O5/c1-17(22)18(7-9-19-10-8-18)25-16(21)20(17)11-6-13-4-5-14(23-2)15(12-13)24-3/h4-5,12,19,22H,6-11H2,1-3H3. The fourth-order valence-corrected chi connectivity index (χ4v) is 3.73. The first kappa shape index (κ1) is 17.8. The Morgan fingerprint density at radius 2 is 1.92 bits per heavy atom. The van der Waals surface area contributed by atoms with Gasteiger partial charge in [0.2, 0.25) is 0 Å². The fraction of sp³-hybridized carbons (Fsp3) is 0.611. The lowest BCUT2D eigenvalue weighted by Crippen LogP contribution is -2.60. The van der Waals surface area contributed by atoms with Gasteiger partial charge in [-0.1, -0.05) is 6.07 Å². The Bertz CT molecular complexity index is 640. The van der Waals surface area contributed by atoms with Gasteiger partial charge in [0.1, 0.15) is 0 Å². The Hall–Kier alpha value is -1.99. The number of carbonyl (C=O) groups is 1. The van der Waals surface area contributed by atoms with Crippen LogP contribution in [-0.2, 0) is 11.2 Å². The third-order valence-electron chi connectivity index (χ3n) is 5.38. The molecule has 1 aromatic rings. The molecule has 2 saturated heterocycles. The Balaban J connectivity index is 1.73. The number of rotatable bonds is 5. The summed E-state index contributed by atoms with van der Waals surface area (Å²) >= 11 is 0. The minimum atomic E-state index is -1.32. The van der Waals surface area contributed by atoms with E-state index >= 15 is 0 Å². The molecule has 0 aliphatic carbocycles. The van der Waals surface area contributed by atoms with Crippen LogP contribution >= 0.6 is 0 Å². The van der Waals surface area contributed by atoms with E-state index in [9.17, 15) is 9.90 Å². The molecule has 2 N–H and O–H groups in total. The molecule has 1 amide bonds. The van der Waals surface area contributed by atoms with Crippen molar-refractivity contribution in [2.45, 2.75) is 37.5 Å². The van der Waals surface area contributed by atoms with Gasteiger partial charge in [-0.15, -0.1) is 0 Å². The molecular weight excluding hydrogens is 324 g/mol. The third kappa shape index (κ3) is 3.02. The van der Waals surface area contributed by atoms with Crippen molar-refractivity contribution in [3.05, 3.63) is 23.8 Å². The maximum atomic E-state index is 12.4. The minimum absolute atomic E-state index is 0.372. The van der Waals surface area contributed by atoms with Crippen molar-refractivity contribution in [3.63, 3.8) is 0 Å². The minimum Gasteiger partial charge on any atom is -0.493 e. The van der Waals surface area contributed by atoms with E-state index in [1.807, 2.05) is 18.2 Å². The van der Waals surface area contributed by atoms with Crippen LogP contribution in [0.2, 0.25) is 0 Å². The number of aliphatic hydroxyl groups is 1. The number of amides is 1. The number of carbonyl (C=O) groups excluding carboxylic acids is 1. The van der Waals surface area contributed by atoms with Gasteiger partial charge in [0, 0.05) is 19.4 Å². The van der Waals surface area contributed by atoms with Gasteiger partial charge >= 0.3 is 6.09 Å². The van der Waals surface area contributed by atoms with E-state index in [1.165, 1.54) is 4.90 Å². The number of piperidine rings is 1. The molecule has 7 heteroatoms. The molecule has 1 unspecified atom stereocenters. The number of benzene rings is 1. The third-order valence-corrected chi connectivity index (χ3v) is 5.38. The lowest BCUT2D eigenvalue weighted by molar-refractivity contribution is -0.155. The van der Waals surface area contributed by atoms with E-state index in [0.29, 0.717) is 37.3 Å². The number of ether oxygens (including phenoxy) is 3. The van der Waals surface area contributed by atoms with Crippen molar-refractivity contribution >= 4 is 6.09 Å². The monoisotopic (exact) mass is 350 g/mol. The molecule has 0 aromatic heterocycles. The van der Waals surface area contributed by atoms with Gasteiger partial charge < -0.3 is 24.6 Å². The molecule has 138 valence electrons. The molecule has 1 atom stereocenters. The second-order valence-corrected chi connectivity index (χ2v) is 6.72. The van der Waals surface area contributed by atoms with Gasteiger partial charge in [0.15, 0.2) is 22.8 Å². The summed E-state index contributed by atoms with van der Waals surface area (Å²) in [6, 6.07) is 5.65. The molecular formula is C18H26N2O5. The van der Waals surface area contributed by atoms with Crippen molar-refractivity contribution in [2.24, 2.45) is 0 Å². The molecule has 0 bridgehead atoms. The van der Waals surface area contributed by atoms with Gasteiger partial charge in [0.25, 0.3) is 0 Å². The lowest BCUT2D eigenvalue weighted by Gasteiger charge is -2.42. The number of nitrogens with one attached hydrogen (secondary N) is 1. The Kier molecular flexibility index (Phi) is 4.79. The number of methoxy groups -OCH3 is 2. The van der Waals surface area contributed by atoms with Gasteiger partial charge in [-0.05, 0) is 44.1 Å². The van der Waals surface area contributed by atoms with Crippen molar-refractivity contribution in [1.29, 1.82) is 0 Å². The zero-order valence-corrected chi connectivity index (χ0v) is 15.0. The van der Waals surface area contributed by atoms with Crippen LogP contribution in [0.15, 0.2) is 18.2 Å². The Morgan fingerprint density at radius 3 is 2.56 bits per heavy atom. The first-order chi connectivity index (χ1) is 11.9. The number of nitrogens with zero attached hydrogens (tertiary/aromatic N) is 1. The van der Waals surface area contributed by atoms with E-state index in [2.05, 4.69) is 5.32 Å². The summed E-state index contributed by atoms with van der Waals surface area (Å²) in [5.41, 5.74) is -1.15. The molecule has 25 heavy (non-hydrogen) atoms. The molecule has 2 aliphatic rings. The van der Waals surface area contributed by atoms with Crippen LogP contribution in [0, 0.1) is 0 Å². The van der Waals surface area contributed by atoms with E-state index < -0.39 is 17.4 Å². The summed E-state index contributed by atoms with van der Waals surface area (Å²) < 4.78 is 16.2. The largest absolute Gasteiger partial charge is 0.493 e. The van der Waals surface area contributed by atoms with Gasteiger partial charge in [0.05, 0.1) is 14.2 Å². The molecule has 0 saturated carbocycles. The van der Waals surface area contributed by atoms with Crippen molar-refractivity contribution < 1.29 is 24.1 Å². The highest BCUT2D eigenvalue weighted by Gasteiger charge is 2.61. The Morgan fingerprint density at radius 1 is 1.24 bits per heavy atom. The average molecular weight is 350 g/mol. The first-order valence-electron chi connectivity index (χ1n) is 8.58. The van der Waals surface area contributed by atoms with Crippen LogP contribution in [-0.4, -0.2) is 61.3 Å². The highest BCUT2D eigenvalue weighted by atomic mass is 16.6. The van der Waals surface area contributed by atoms with Crippen LogP contribution in [0.5, 0.6) is 11.5 Å². The molecule has 7 nitrogen and oxygen atoms in total. The van der Waals surface area contributed by atoms with E-state index in [4.69, 9.17) is 14.2 Å². The summed E-state index contributed by atoms with van der Waals surface area (Å²) in [5, 5.41) is 14.3. The van der Waals surface area contributed by atoms with Gasteiger partial charge in [-0.25, -0.2) is 4.79 Å². The summed E-state index contributed by atoms with van der Waals surface area (Å²) in [6.07, 6.45) is 1.35. The molecule has 0 radical (unpaired) electrons. The SMILES string of the molecule is COc1ccc(CCN2C(=O)OC3(CCNCC3)C2(C)O)cc1OC. The predicted octanol–water partition coefficient (Wildman–Crippen LogP) is 1.53. The van der Waals surface area contributed by atoms with Crippen molar-refractivity contribution in [1.82, 2.24) is 10.2 Å².